The highest BCUT2D eigenvalue weighted by atomic mass is 19.2. The second-order valence-corrected chi connectivity index (χ2v) is 6.62. The molecule has 1 aromatic carbocycles. The predicted octanol–water partition coefficient (Wildman–Crippen LogP) is 3.93. The molecule has 0 unspecified atom stereocenters. The van der Waals surface area contributed by atoms with Gasteiger partial charge in [0, 0.05) is 24.5 Å². The van der Waals surface area contributed by atoms with E-state index in [1.165, 1.54) is 5.56 Å². The van der Waals surface area contributed by atoms with E-state index in [4.69, 9.17) is 4.52 Å². The molecule has 0 N–H and O–H groups in total. The molecule has 8 heteroatoms. The minimum atomic E-state index is -1.52. The molecule has 27 heavy (non-hydrogen) atoms. The summed E-state index contributed by atoms with van der Waals surface area (Å²) in [6, 6.07) is 5.76. The van der Waals surface area contributed by atoms with Crippen molar-refractivity contribution in [3.05, 3.63) is 65.6 Å². The van der Waals surface area contributed by atoms with Crippen molar-refractivity contribution in [2.75, 3.05) is 13.1 Å². The average molecular weight is 374 g/mol. The summed E-state index contributed by atoms with van der Waals surface area (Å²) in [5, 5.41) is 3.76. The van der Waals surface area contributed by atoms with Gasteiger partial charge in [-0.05, 0) is 55.1 Å². The van der Waals surface area contributed by atoms with E-state index < -0.39 is 17.5 Å². The number of rotatable bonds is 4. The van der Waals surface area contributed by atoms with Gasteiger partial charge < -0.3 is 4.52 Å². The third-order valence-corrected chi connectivity index (χ3v) is 4.75. The first-order valence-electron chi connectivity index (χ1n) is 8.70. The molecule has 0 aliphatic carbocycles. The van der Waals surface area contributed by atoms with Crippen LogP contribution in [0.4, 0.5) is 13.2 Å². The van der Waals surface area contributed by atoms with Crippen molar-refractivity contribution in [1.29, 1.82) is 0 Å². The van der Waals surface area contributed by atoms with E-state index in [2.05, 4.69) is 20.0 Å². The van der Waals surface area contributed by atoms with Gasteiger partial charge in [-0.2, -0.15) is 4.98 Å². The summed E-state index contributed by atoms with van der Waals surface area (Å²) in [5.41, 5.74) is 1.29. The third-order valence-electron chi connectivity index (χ3n) is 4.75. The van der Waals surface area contributed by atoms with Crippen molar-refractivity contribution in [1.82, 2.24) is 20.0 Å². The molecule has 0 amide bonds. The highest BCUT2D eigenvalue weighted by Crippen LogP contribution is 2.27. The Balaban J connectivity index is 1.46. The summed E-state index contributed by atoms with van der Waals surface area (Å²) in [4.78, 5) is 10.5. The van der Waals surface area contributed by atoms with Gasteiger partial charge in [-0.3, -0.25) is 9.88 Å². The number of hydrogen-bond acceptors (Lipinski definition) is 5. The monoisotopic (exact) mass is 374 g/mol. The summed E-state index contributed by atoms with van der Waals surface area (Å²) < 4.78 is 45.1. The van der Waals surface area contributed by atoms with Crippen LogP contribution in [0.1, 0.15) is 30.2 Å². The zero-order valence-electron chi connectivity index (χ0n) is 14.4. The van der Waals surface area contributed by atoms with Crippen LogP contribution in [0.5, 0.6) is 0 Å². The Bertz CT molecular complexity index is 909. The predicted molar refractivity (Wildman–Crippen MR) is 91.1 cm³/mol. The van der Waals surface area contributed by atoms with Crippen LogP contribution in [-0.2, 0) is 6.54 Å². The number of likely N-dealkylation sites (tertiary alicyclic amines) is 1. The molecular formula is C19H17F3N4O. The number of benzene rings is 1. The van der Waals surface area contributed by atoms with Gasteiger partial charge in [0.2, 0.25) is 11.7 Å². The smallest absolute Gasteiger partial charge is 0.241 e. The van der Waals surface area contributed by atoms with Crippen LogP contribution in [0.3, 0.4) is 0 Å². The first kappa shape index (κ1) is 17.7. The Morgan fingerprint density at radius 1 is 1.11 bits per heavy atom. The summed E-state index contributed by atoms with van der Waals surface area (Å²) in [5.74, 6) is -3.29. The van der Waals surface area contributed by atoms with E-state index in [0.29, 0.717) is 18.4 Å². The SMILES string of the molecule is Fc1cc(-c2noc(CN3CCC[C@@H](c4ccncc4)C3)n2)cc(F)c1F. The van der Waals surface area contributed by atoms with Crippen molar-refractivity contribution < 1.29 is 17.7 Å². The Kier molecular flexibility index (Phi) is 4.89. The molecule has 140 valence electrons. The molecule has 3 heterocycles. The zero-order chi connectivity index (χ0) is 18.8. The van der Waals surface area contributed by atoms with Gasteiger partial charge in [-0.15, -0.1) is 0 Å². The lowest BCUT2D eigenvalue weighted by molar-refractivity contribution is 0.177. The van der Waals surface area contributed by atoms with E-state index >= 15 is 0 Å². The molecule has 5 nitrogen and oxygen atoms in total. The van der Waals surface area contributed by atoms with Crippen LogP contribution >= 0.6 is 0 Å². The molecule has 1 saturated heterocycles. The average Bonchev–Trinajstić information content (AvgIpc) is 3.15. The van der Waals surface area contributed by atoms with Gasteiger partial charge in [0.15, 0.2) is 17.5 Å². The van der Waals surface area contributed by atoms with Crippen molar-refractivity contribution in [3.63, 3.8) is 0 Å². The van der Waals surface area contributed by atoms with Gasteiger partial charge in [0.05, 0.1) is 6.54 Å². The maximum Gasteiger partial charge on any atom is 0.241 e. The van der Waals surface area contributed by atoms with Crippen molar-refractivity contribution in [2.45, 2.75) is 25.3 Å². The number of halogens is 3. The standard InChI is InChI=1S/C19H17F3N4O/c20-15-8-14(9-16(21)18(15)22)19-24-17(27-25-19)11-26-7-1-2-13(10-26)12-3-5-23-6-4-12/h3-6,8-9,13H,1-2,7,10-11H2/t13-/m1/s1. The normalized spacial score (nSPS) is 18.0. The van der Waals surface area contributed by atoms with Crippen LogP contribution in [-0.4, -0.2) is 33.1 Å². The molecule has 1 atom stereocenters. The summed E-state index contributed by atoms with van der Waals surface area (Å²) in [6.45, 7) is 2.20. The molecule has 0 spiro atoms. The molecular weight excluding hydrogens is 357 g/mol. The van der Waals surface area contributed by atoms with Gasteiger partial charge in [0.25, 0.3) is 0 Å². The number of piperidine rings is 1. The Morgan fingerprint density at radius 2 is 1.85 bits per heavy atom. The third kappa shape index (κ3) is 3.85. The minimum Gasteiger partial charge on any atom is -0.338 e. The Labute approximate surface area is 153 Å². The second-order valence-electron chi connectivity index (χ2n) is 6.62. The molecule has 1 fully saturated rings. The lowest BCUT2D eigenvalue weighted by Crippen LogP contribution is -2.34. The van der Waals surface area contributed by atoms with Gasteiger partial charge >= 0.3 is 0 Å². The van der Waals surface area contributed by atoms with E-state index in [-0.39, 0.29) is 11.4 Å². The first-order chi connectivity index (χ1) is 13.1. The fourth-order valence-electron chi connectivity index (χ4n) is 3.42. The first-order valence-corrected chi connectivity index (χ1v) is 8.70. The second kappa shape index (κ2) is 7.48. The van der Waals surface area contributed by atoms with Crippen LogP contribution in [0.25, 0.3) is 11.4 Å². The van der Waals surface area contributed by atoms with Crippen LogP contribution < -0.4 is 0 Å². The maximum atomic E-state index is 13.4. The molecule has 0 bridgehead atoms. The number of nitrogens with zero attached hydrogens (tertiary/aromatic N) is 4. The lowest BCUT2D eigenvalue weighted by atomic mass is 9.91. The summed E-state index contributed by atoms with van der Waals surface area (Å²) >= 11 is 0. The number of hydrogen-bond donors (Lipinski definition) is 0. The van der Waals surface area contributed by atoms with Crippen LogP contribution in [0.15, 0.2) is 41.2 Å². The highest BCUT2D eigenvalue weighted by Gasteiger charge is 2.23. The van der Waals surface area contributed by atoms with E-state index in [0.717, 1.165) is 38.1 Å². The molecule has 0 radical (unpaired) electrons. The molecule has 3 aromatic rings. The van der Waals surface area contributed by atoms with Gasteiger partial charge in [-0.25, -0.2) is 13.2 Å². The summed E-state index contributed by atoms with van der Waals surface area (Å²) in [7, 11) is 0. The molecule has 4 rings (SSSR count). The van der Waals surface area contributed by atoms with E-state index in [9.17, 15) is 13.2 Å². The molecule has 0 saturated carbocycles. The van der Waals surface area contributed by atoms with Crippen LogP contribution in [0, 0.1) is 17.5 Å². The van der Waals surface area contributed by atoms with E-state index in [1.807, 2.05) is 12.1 Å². The van der Waals surface area contributed by atoms with Crippen LogP contribution in [0.2, 0.25) is 0 Å². The van der Waals surface area contributed by atoms with Gasteiger partial charge in [0.1, 0.15) is 0 Å². The minimum absolute atomic E-state index is 0.0329. The summed E-state index contributed by atoms with van der Waals surface area (Å²) in [6.07, 6.45) is 5.73. The quantitative estimate of drug-likeness (QED) is 0.648. The Morgan fingerprint density at radius 3 is 2.59 bits per heavy atom. The fraction of sp³-hybridized carbons (Fsp3) is 0.316. The van der Waals surface area contributed by atoms with Crippen molar-refractivity contribution in [2.24, 2.45) is 0 Å². The largest absolute Gasteiger partial charge is 0.338 e. The Hall–Kier alpha value is -2.74. The highest BCUT2D eigenvalue weighted by molar-refractivity contribution is 5.54. The van der Waals surface area contributed by atoms with Crippen molar-refractivity contribution >= 4 is 0 Å². The maximum absolute atomic E-state index is 13.4. The molecule has 1 aliphatic rings. The van der Waals surface area contributed by atoms with Crippen molar-refractivity contribution in [3.8, 4) is 11.4 Å². The topological polar surface area (TPSA) is 55.1 Å². The molecule has 2 aromatic heterocycles. The number of aromatic nitrogens is 3. The van der Waals surface area contributed by atoms with E-state index in [1.54, 1.807) is 12.4 Å². The fourth-order valence-corrected chi connectivity index (χ4v) is 3.42. The lowest BCUT2D eigenvalue weighted by Gasteiger charge is -2.31. The zero-order valence-corrected chi connectivity index (χ0v) is 14.4. The van der Waals surface area contributed by atoms with Gasteiger partial charge in [-0.1, -0.05) is 5.16 Å². The molecule has 1 aliphatic heterocycles. The number of pyridine rings is 1.